The molecule has 0 bridgehead atoms. The topological polar surface area (TPSA) is 9.23 Å². The van der Waals surface area contributed by atoms with E-state index in [1.54, 1.807) is 0 Å². The van der Waals surface area contributed by atoms with Gasteiger partial charge in [-0.3, -0.25) is 0 Å². The van der Waals surface area contributed by atoms with E-state index in [9.17, 15) is 30.7 Å². The Morgan fingerprint density at radius 3 is 1.71 bits per heavy atom. The van der Waals surface area contributed by atoms with Gasteiger partial charge in [-0.05, 0) is 6.92 Å². The largest absolute Gasteiger partial charge is 0.420 e. The van der Waals surface area contributed by atoms with Gasteiger partial charge < -0.3 is 4.74 Å². The van der Waals surface area contributed by atoms with Crippen LogP contribution in [0.5, 0.6) is 0 Å². The molecule has 0 saturated heterocycles. The molecule has 0 aliphatic heterocycles. The monoisotopic (exact) mass is 228 g/mol. The molecule has 0 amide bonds. The Kier molecular flexibility index (Phi) is 4.16. The van der Waals surface area contributed by atoms with Crippen molar-refractivity contribution < 1.29 is 35.5 Å². The molecule has 0 rings (SSSR count). The van der Waals surface area contributed by atoms with Gasteiger partial charge in [0.1, 0.15) is 0 Å². The van der Waals surface area contributed by atoms with Crippen molar-refractivity contribution in [3.05, 3.63) is 0 Å². The van der Waals surface area contributed by atoms with E-state index in [1.165, 1.54) is 0 Å². The van der Waals surface area contributed by atoms with Crippen molar-refractivity contribution in [2.45, 2.75) is 31.6 Å². The second-order valence-electron chi connectivity index (χ2n) is 2.35. The first-order valence-electron chi connectivity index (χ1n) is 3.48. The zero-order valence-corrected chi connectivity index (χ0v) is 6.92. The van der Waals surface area contributed by atoms with Gasteiger partial charge in [0.2, 0.25) is 6.10 Å². The first-order valence-corrected chi connectivity index (χ1v) is 3.48. The fourth-order valence-corrected chi connectivity index (χ4v) is 0.705. The summed E-state index contributed by atoms with van der Waals surface area (Å²) in [6.45, 7) is 0.271. The predicted molar refractivity (Wildman–Crippen MR) is 32.4 cm³/mol. The quantitative estimate of drug-likeness (QED) is 0.672. The lowest BCUT2D eigenvalue weighted by molar-refractivity contribution is -0.308. The first kappa shape index (κ1) is 13.5. The number of hydrogen-bond acceptors (Lipinski definition) is 1. The Morgan fingerprint density at radius 1 is 1.07 bits per heavy atom. The minimum absolute atomic E-state index is 0.730. The van der Waals surface area contributed by atoms with Crippen LogP contribution in [0.25, 0.3) is 0 Å². The van der Waals surface area contributed by atoms with Crippen LogP contribution in [-0.2, 0) is 4.74 Å². The summed E-state index contributed by atoms with van der Waals surface area (Å²) in [5, 5.41) is 0. The van der Waals surface area contributed by atoms with Crippen LogP contribution in [0.1, 0.15) is 6.92 Å². The average Bonchev–Trinajstić information content (AvgIpc) is 1.97. The molecule has 0 heterocycles. The molecule has 1 nitrogen and oxygen atoms in total. The number of alkyl halides is 7. The molecule has 0 spiro atoms. The highest BCUT2D eigenvalue weighted by atomic mass is 19.4. The molecule has 14 heavy (non-hydrogen) atoms. The van der Waals surface area contributed by atoms with Crippen LogP contribution in [0.4, 0.5) is 30.7 Å². The predicted octanol–water partition coefficient (Wildman–Crippen LogP) is 2.85. The molecule has 0 aromatic rings. The third kappa shape index (κ3) is 3.00. The minimum atomic E-state index is -5.52. The van der Waals surface area contributed by atoms with Gasteiger partial charge in [-0.2, -0.15) is 22.0 Å². The fourth-order valence-electron chi connectivity index (χ4n) is 0.705. The van der Waals surface area contributed by atoms with Crippen LogP contribution in [0.3, 0.4) is 0 Å². The van der Waals surface area contributed by atoms with E-state index >= 15 is 0 Å². The Hall–Kier alpha value is -0.530. The van der Waals surface area contributed by atoms with Crippen LogP contribution in [0.15, 0.2) is 0 Å². The van der Waals surface area contributed by atoms with E-state index < -0.39 is 31.2 Å². The lowest BCUT2D eigenvalue weighted by atomic mass is 10.2. The molecule has 1 unspecified atom stereocenters. The highest BCUT2D eigenvalue weighted by Gasteiger charge is 2.61. The molecule has 0 fully saturated rings. The number of halogens is 7. The first-order chi connectivity index (χ1) is 6.14. The molecule has 0 radical (unpaired) electrons. The molecule has 0 aliphatic carbocycles. The third-order valence-electron chi connectivity index (χ3n) is 1.27. The zero-order valence-electron chi connectivity index (χ0n) is 6.92. The molecular weight excluding hydrogens is 221 g/mol. The summed E-state index contributed by atoms with van der Waals surface area (Å²) in [4.78, 5) is 0. The van der Waals surface area contributed by atoms with Gasteiger partial charge in [-0.25, -0.2) is 8.78 Å². The molecule has 0 aliphatic rings. The zero-order chi connectivity index (χ0) is 11.6. The van der Waals surface area contributed by atoms with Crippen molar-refractivity contribution in [3.8, 4) is 0 Å². The van der Waals surface area contributed by atoms with E-state index in [0.29, 0.717) is 0 Å². The summed E-state index contributed by atoms with van der Waals surface area (Å²) in [7, 11) is 0. The smallest absolute Gasteiger partial charge is 0.363 e. The Bertz CT molecular complexity index is 176. The lowest BCUT2D eigenvalue weighted by Gasteiger charge is -2.27. The molecule has 0 aromatic heterocycles. The SMILES string of the molecule is CCOC(C(F)(F)F)C(F)(F)C(F)F. The molecule has 0 aromatic carbocycles. The van der Waals surface area contributed by atoms with Gasteiger partial charge in [0.05, 0.1) is 0 Å². The van der Waals surface area contributed by atoms with Crippen LogP contribution in [-0.4, -0.2) is 31.2 Å². The molecule has 86 valence electrons. The van der Waals surface area contributed by atoms with E-state index in [4.69, 9.17) is 0 Å². The van der Waals surface area contributed by atoms with Gasteiger partial charge in [0.25, 0.3) is 0 Å². The van der Waals surface area contributed by atoms with Crippen molar-refractivity contribution in [2.24, 2.45) is 0 Å². The second-order valence-corrected chi connectivity index (χ2v) is 2.35. The lowest BCUT2D eigenvalue weighted by Crippen LogP contribution is -2.51. The van der Waals surface area contributed by atoms with Crippen LogP contribution >= 0.6 is 0 Å². The van der Waals surface area contributed by atoms with Crippen LogP contribution < -0.4 is 0 Å². The Labute approximate surface area is 74.8 Å². The van der Waals surface area contributed by atoms with Crippen molar-refractivity contribution in [2.75, 3.05) is 6.61 Å². The van der Waals surface area contributed by atoms with Crippen molar-refractivity contribution >= 4 is 0 Å². The van der Waals surface area contributed by atoms with E-state index in [1.807, 2.05) is 0 Å². The summed E-state index contributed by atoms with van der Waals surface area (Å²) in [5.41, 5.74) is 0. The molecule has 0 saturated carbocycles. The van der Waals surface area contributed by atoms with E-state index in [0.717, 1.165) is 6.92 Å². The summed E-state index contributed by atoms with van der Waals surface area (Å²) >= 11 is 0. The number of hydrogen-bond donors (Lipinski definition) is 0. The fraction of sp³-hybridized carbons (Fsp3) is 1.00. The third-order valence-corrected chi connectivity index (χ3v) is 1.27. The van der Waals surface area contributed by atoms with Gasteiger partial charge >= 0.3 is 18.5 Å². The Morgan fingerprint density at radius 2 is 1.50 bits per heavy atom. The van der Waals surface area contributed by atoms with Crippen molar-refractivity contribution in [3.63, 3.8) is 0 Å². The molecule has 1 atom stereocenters. The standard InChI is InChI=1S/C6H7F7O/c1-2-14-3(6(11,12)13)5(9,10)4(7)8/h3-4H,2H2,1H3. The van der Waals surface area contributed by atoms with Crippen molar-refractivity contribution in [1.82, 2.24) is 0 Å². The molecule has 0 N–H and O–H groups in total. The highest BCUT2D eigenvalue weighted by molar-refractivity contribution is 4.86. The van der Waals surface area contributed by atoms with Crippen LogP contribution in [0.2, 0.25) is 0 Å². The maximum Gasteiger partial charge on any atom is 0.420 e. The Balaban J connectivity index is 4.82. The molecule has 8 heteroatoms. The van der Waals surface area contributed by atoms with Gasteiger partial charge in [-0.15, -0.1) is 0 Å². The van der Waals surface area contributed by atoms with E-state index in [2.05, 4.69) is 4.74 Å². The summed E-state index contributed by atoms with van der Waals surface area (Å²) in [6, 6.07) is 0. The van der Waals surface area contributed by atoms with E-state index in [-0.39, 0.29) is 0 Å². The van der Waals surface area contributed by atoms with Gasteiger partial charge in [0.15, 0.2) is 0 Å². The van der Waals surface area contributed by atoms with Gasteiger partial charge in [-0.1, -0.05) is 0 Å². The van der Waals surface area contributed by atoms with Crippen LogP contribution in [0, 0.1) is 0 Å². The average molecular weight is 228 g/mol. The summed E-state index contributed by atoms with van der Waals surface area (Å²) < 4.78 is 86.8. The second kappa shape index (κ2) is 4.33. The normalized spacial score (nSPS) is 16.1. The maximum atomic E-state index is 12.3. The molecular formula is C6H7F7O. The summed E-state index contributed by atoms with van der Waals surface area (Å²) in [6.07, 6.45) is -13.7. The number of rotatable bonds is 4. The van der Waals surface area contributed by atoms with Crippen molar-refractivity contribution in [1.29, 1.82) is 0 Å². The maximum absolute atomic E-state index is 12.3. The highest BCUT2D eigenvalue weighted by Crippen LogP contribution is 2.38. The number of ether oxygens (including phenoxy) is 1. The summed E-state index contributed by atoms with van der Waals surface area (Å²) in [5.74, 6) is -5.23. The van der Waals surface area contributed by atoms with Gasteiger partial charge in [0, 0.05) is 6.61 Å². The minimum Gasteiger partial charge on any atom is -0.363 e.